The minimum Gasteiger partial charge on any atom is -0.505 e. The van der Waals surface area contributed by atoms with Gasteiger partial charge in [-0.05, 0) is 17.7 Å². The number of halogens is 2. The minimum absolute atomic E-state index is 0.0500. The molecule has 1 rings (SSSR count). The molecule has 1 aromatic carbocycles. The number of phenols is 1. The van der Waals surface area contributed by atoms with Gasteiger partial charge in [-0.3, -0.25) is 9.59 Å². The Kier molecular flexibility index (Phi) is 6.02. The molecule has 0 aliphatic heterocycles. The van der Waals surface area contributed by atoms with Crippen molar-refractivity contribution in [2.75, 3.05) is 6.54 Å². The lowest BCUT2D eigenvalue weighted by atomic mass is 10.2. The Hall–Kier alpha value is -2.05. The highest BCUT2D eigenvalue weighted by atomic mass is 35.5. The molecule has 0 saturated carbocycles. The molecule has 0 atom stereocenters. The molecule has 0 heterocycles. The zero-order chi connectivity index (χ0) is 15.1. The van der Waals surface area contributed by atoms with Gasteiger partial charge in [-0.2, -0.15) is 5.10 Å². The van der Waals surface area contributed by atoms with Crippen molar-refractivity contribution in [3.8, 4) is 5.75 Å². The van der Waals surface area contributed by atoms with E-state index in [1.807, 2.05) is 5.43 Å². The van der Waals surface area contributed by atoms with Gasteiger partial charge in [-0.25, -0.2) is 5.43 Å². The Morgan fingerprint density at radius 1 is 1.30 bits per heavy atom. The fourth-order valence-corrected chi connectivity index (χ4v) is 1.62. The summed E-state index contributed by atoms with van der Waals surface area (Å²) < 4.78 is 0. The Labute approximate surface area is 125 Å². The predicted molar refractivity (Wildman–Crippen MR) is 77.1 cm³/mol. The van der Waals surface area contributed by atoms with Crippen LogP contribution in [0, 0.1) is 0 Å². The Morgan fingerprint density at radius 2 is 1.90 bits per heavy atom. The molecule has 0 radical (unpaired) electrons. The van der Waals surface area contributed by atoms with Crippen LogP contribution < -0.4 is 10.7 Å². The molecule has 106 valence electrons. The van der Waals surface area contributed by atoms with E-state index in [-0.39, 0.29) is 22.3 Å². The van der Waals surface area contributed by atoms with Crippen molar-refractivity contribution in [3.05, 3.63) is 40.4 Å². The summed E-state index contributed by atoms with van der Waals surface area (Å²) in [5, 5.41) is 15.3. The summed E-state index contributed by atoms with van der Waals surface area (Å²) in [6.07, 6.45) is 2.67. The Bertz CT molecular complexity index is 550. The number of hydrazone groups is 1. The van der Waals surface area contributed by atoms with E-state index in [9.17, 15) is 14.7 Å². The first-order chi connectivity index (χ1) is 9.45. The number of benzene rings is 1. The molecule has 0 saturated heterocycles. The fourth-order valence-electron chi connectivity index (χ4n) is 1.12. The fraction of sp³-hybridized carbons (Fsp3) is 0.0833. The van der Waals surface area contributed by atoms with Crippen molar-refractivity contribution in [1.29, 1.82) is 0 Å². The molecule has 0 fully saturated rings. The summed E-state index contributed by atoms with van der Waals surface area (Å²) >= 11 is 11.4. The number of nitrogens with one attached hydrogen (secondary N) is 2. The Morgan fingerprint density at radius 3 is 2.45 bits per heavy atom. The SMILES string of the molecule is C=CCNC(=O)C(=O)N/N=C/c1cc(Cl)c(O)c(Cl)c1. The molecule has 20 heavy (non-hydrogen) atoms. The molecule has 1 aromatic rings. The average molecular weight is 316 g/mol. The minimum atomic E-state index is -0.918. The van der Waals surface area contributed by atoms with E-state index >= 15 is 0 Å². The number of carbonyl (C=O) groups excluding carboxylic acids is 2. The molecule has 0 bridgehead atoms. The van der Waals surface area contributed by atoms with Gasteiger partial charge < -0.3 is 10.4 Å². The summed E-state index contributed by atoms with van der Waals surface area (Å²) in [5.74, 6) is -1.98. The normalized spacial score (nSPS) is 10.3. The number of carbonyl (C=O) groups is 2. The lowest BCUT2D eigenvalue weighted by molar-refractivity contribution is -0.139. The summed E-state index contributed by atoms with van der Waals surface area (Å²) in [6, 6.07) is 2.80. The highest BCUT2D eigenvalue weighted by molar-refractivity contribution is 6.37. The van der Waals surface area contributed by atoms with Crippen LogP contribution in [0.1, 0.15) is 5.56 Å². The van der Waals surface area contributed by atoms with Crippen LogP contribution >= 0.6 is 23.2 Å². The second kappa shape index (κ2) is 7.52. The van der Waals surface area contributed by atoms with Crippen molar-refractivity contribution >= 4 is 41.2 Å². The average Bonchev–Trinajstić information content (AvgIpc) is 2.41. The molecule has 0 unspecified atom stereocenters. The van der Waals surface area contributed by atoms with E-state index in [0.717, 1.165) is 0 Å². The van der Waals surface area contributed by atoms with Crippen molar-refractivity contribution in [2.45, 2.75) is 0 Å². The molecular formula is C12H11Cl2N3O3. The summed E-state index contributed by atoms with van der Waals surface area (Å²) in [5.41, 5.74) is 2.48. The van der Waals surface area contributed by atoms with E-state index in [1.54, 1.807) is 0 Å². The van der Waals surface area contributed by atoms with Gasteiger partial charge in [-0.1, -0.05) is 29.3 Å². The molecule has 0 aliphatic carbocycles. The maximum Gasteiger partial charge on any atom is 0.329 e. The van der Waals surface area contributed by atoms with Crippen LogP contribution in [0.3, 0.4) is 0 Å². The van der Waals surface area contributed by atoms with Crippen LogP contribution in [0.15, 0.2) is 29.9 Å². The third kappa shape index (κ3) is 4.56. The third-order valence-electron chi connectivity index (χ3n) is 2.03. The smallest absolute Gasteiger partial charge is 0.329 e. The molecule has 0 aliphatic rings. The Balaban J connectivity index is 2.63. The maximum atomic E-state index is 11.3. The van der Waals surface area contributed by atoms with Crippen molar-refractivity contribution in [3.63, 3.8) is 0 Å². The molecule has 3 N–H and O–H groups in total. The first-order valence-electron chi connectivity index (χ1n) is 5.36. The quantitative estimate of drug-likeness (QED) is 0.340. The molecule has 0 spiro atoms. The topological polar surface area (TPSA) is 90.8 Å². The number of hydrogen-bond acceptors (Lipinski definition) is 4. The number of amides is 2. The van der Waals surface area contributed by atoms with Gasteiger partial charge in [0.2, 0.25) is 0 Å². The first-order valence-corrected chi connectivity index (χ1v) is 6.11. The van der Waals surface area contributed by atoms with Gasteiger partial charge >= 0.3 is 11.8 Å². The van der Waals surface area contributed by atoms with Crippen LogP contribution in [0.25, 0.3) is 0 Å². The van der Waals surface area contributed by atoms with Crippen molar-refractivity contribution in [2.24, 2.45) is 5.10 Å². The van der Waals surface area contributed by atoms with Gasteiger partial charge in [0, 0.05) is 6.54 Å². The second-order valence-corrected chi connectivity index (χ2v) is 4.35. The number of nitrogens with zero attached hydrogens (tertiary/aromatic N) is 1. The van der Waals surface area contributed by atoms with E-state index in [4.69, 9.17) is 23.2 Å². The number of hydrogen-bond donors (Lipinski definition) is 3. The predicted octanol–water partition coefficient (Wildman–Crippen LogP) is 1.45. The second-order valence-electron chi connectivity index (χ2n) is 3.53. The number of aromatic hydroxyl groups is 1. The van der Waals surface area contributed by atoms with Crippen LogP contribution in [-0.4, -0.2) is 29.7 Å². The molecule has 0 aromatic heterocycles. The largest absolute Gasteiger partial charge is 0.505 e. The van der Waals surface area contributed by atoms with E-state index in [0.29, 0.717) is 5.56 Å². The summed E-state index contributed by atoms with van der Waals surface area (Å²) in [4.78, 5) is 22.4. The van der Waals surface area contributed by atoms with Crippen LogP contribution in [-0.2, 0) is 9.59 Å². The summed E-state index contributed by atoms with van der Waals surface area (Å²) in [7, 11) is 0. The maximum absolute atomic E-state index is 11.3. The lowest BCUT2D eigenvalue weighted by Crippen LogP contribution is -2.37. The van der Waals surface area contributed by atoms with Gasteiger partial charge in [0.15, 0.2) is 5.75 Å². The van der Waals surface area contributed by atoms with Crippen LogP contribution in [0.4, 0.5) is 0 Å². The van der Waals surface area contributed by atoms with E-state index in [1.165, 1.54) is 24.4 Å². The van der Waals surface area contributed by atoms with Crippen molar-refractivity contribution < 1.29 is 14.7 Å². The van der Waals surface area contributed by atoms with Gasteiger partial charge in [-0.15, -0.1) is 6.58 Å². The number of phenolic OH excluding ortho intramolecular Hbond substituents is 1. The standard InChI is InChI=1S/C12H11Cl2N3O3/c1-2-3-15-11(19)12(20)17-16-6-7-4-8(13)10(18)9(14)5-7/h2,4-6,18H,1,3H2,(H,15,19)(H,17,20)/b16-6+. The zero-order valence-corrected chi connectivity index (χ0v) is 11.7. The van der Waals surface area contributed by atoms with Crippen molar-refractivity contribution in [1.82, 2.24) is 10.7 Å². The molecule has 8 heteroatoms. The van der Waals surface area contributed by atoms with Gasteiger partial charge in [0.1, 0.15) is 0 Å². The molecule has 6 nitrogen and oxygen atoms in total. The summed E-state index contributed by atoms with van der Waals surface area (Å²) in [6.45, 7) is 3.58. The third-order valence-corrected chi connectivity index (χ3v) is 2.61. The first kappa shape index (κ1) is 16.0. The van der Waals surface area contributed by atoms with Gasteiger partial charge in [0.25, 0.3) is 0 Å². The van der Waals surface area contributed by atoms with Gasteiger partial charge in [0.05, 0.1) is 16.3 Å². The molecule has 2 amide bonds. The number of rotatable bonds is 4. The highest BCUT2D eigenvalue weighted by Gasteiger charge is 2.10. The molecular weight excluding hydrogens is 305 g/mol. The zero-order valence-electron chi connectivity index (χ0n) is 10.2. The van der Waals surface area contributed by atoms with Crippen LogP contribution in [0.5, 0.6) is 5.75 Å². The van der Waals surface area contributed by atoms with E-state index < -0.39 is 11.8 Å². The lowest BCUT2D eigenvalue weighted by Gasteiger charge is -2.02. The monoisotopic (exact) mass is 315 g/mol. The highest BCUT2D eigenvalue weighted by Crippen LogP contribution is 2.32. The van der Waals surface area contributed by atoms with E-state index in [2.05, 4.69) is 17.0 Å². The van der Waals surface area contributed by atoms with Crippen LogP contribution in [0.2, 0.25) is 10.0 Å².